The minimum Gasteiger partial charge on any atom is -0.416 e. The highest BCUT2D eigenvalue weighted by Gasteiger charge is 2.37. The quantitative estimate of drug-likeness (QED) is 0.342. The van der Waals surface area contributed by atoms with Crippen LogP contribution in [0.2, 0.25) is 23.2 Å². The van der Waals surface area contributed by atoms with Crippen molar-refractivity contribution in [3.8, 4) is 0 Å². The molecule has 3 rings (SSSR count). The van der Waals surface area contributed by atoms with Crippen LogP contribution in [-0.2, 0) is 20.3 Å². The topological polar surface area (TPSA) is 44.8 Å². The van der Waals surface area contributed by atoms with Crippen LogP contribution in [0, 0.1) is 6.92 Å². The number of hydrogen-bond donors (Lipinski definition) is 0. The van der Waals surface area contributed by atoms with E-state index in [0.29, 0.717) is 42.4 Å². The maximum atomic E-state index is 13.4. The van der Waals surface area contributed by atoms with Crippen molar-refractivity contribution in [1.82, 2.24) is 0 Å². The van der Waals surface area contributed by atoms with E-state index in [1.807, 2.05) is 25.1 Å². The fourth-order valence-electron chi connectivity index (χ4n) is 3.13. The Morgan fingerprint density at radius 1 is 1.20 bits per heavy atom. The molecule has 2 heterocycles. The number of halogens is 1. The molecule has 1 aromatic carbocycles. The van der Waals surface area contributed by atoms with E-state index in [-0.39, 0.29) is 17.1 Å². The number of benzene rings is 1. The molecule has 7 heteroatoms. The van der Waals surface area contributed by atoms with Crippen LogP contribution >= 0.6 is 22.9 Å². The van der Waals surface area contributed by atoms with Crippen molar-refractivity contribution in [3.05, 3.63) is 55.7 Å². The zero-order valence-corrected chi connectivity index (χ0v) is 21.2. The Morgan fingerprint density at radius 2 is 1.87 bits per heavy atom. The molecule has 4 nitrogen and oxygen atoms in total. The molecule has 0 atom stereocenters. The molecule has 164 valence electrons. The number of hydrogen-bond acceptors (Lipinski definition) is 5. The van der Waals surface area contributed by atoms with Gasteiger partial charge in [0, 0.05) is 27.6 Å². The van der Waals surface area contributed by atoms with Crippen LogP contribution in [0.4, 0.5) is 0 Å². The monoisotopic (exact) mass is 466 g/mol. The Hall–Kier alpha value is -1.02. The smallest absolute Gasteiger partial charge is 0.194 e. The van der Waals surface area contributed by atoms with Gasteiger partial charge in [-0.15, -0.1) is 11.3 Å². The Labute approximate surface area is 189 Å². The standard InChI is InChI=1S/C23H31ClO4SSi/c1-15-18(14-20(29-15)22-26-11-12-27-22)21(25)19-13-17(24)8-7-16(19)9-10-28-30(5,6)23(2,3)4/h7-8,13-14,22H,9-12H2,1-6H3. The van der Waals surface area contributed by atoms with Crippen molar-refractivity contribution >= 4 is 37.0 Å². The maximum absolute atomic E-state index is 13.4. The van der Waals surface area contributed by atoms with Gasteiger partial charge in [-0.25, -0.2) is 0 Å². The number of thiophene rings is 1. The number of aryl methyl sites for hydroxylation is 1. The molecule has 0 N–H and O–H groups in total. The van der Waals surface area contributed by atoms with E-state index in [9.17, 15) is 4.79 Å². The number of carbonyl (C=O) groups is 1. The van der Waals surface area contributed by atoms with Gasteiger partial charge >= 0.3 is 0 Å². The minimum absolute atomic E-state index is 0.0159. The van der Waals surface area contributed by atoms with Crippen molar-refractivity contribution in [3.63, 3.8) is 0 Å². The molecule has 1 fully saturated rings. The second-order valence-corrected chi connectivity index (χ2v) is 15.7. The van der Waals surface area contributed by atoms with Crippen LogP contribution < -0.4 is 0 Å². The fourth-order valence-corrected chi connectivity index (χ4v) is 5.37. The summed E-state index contributed by atoms with van der Waals surface area (Å²) < 4.78 is 17.5. The third-order valence-electron chi connectivity index (χ3n) is 5.99. The van der Waals surface area contributed by atoms with Crippen molar-refractivity contribution in [2.45, 2.75) is 58.5 Å². The first-order valence-corrected chi connectivity index (χ1v) is 14.4. The summed E-state index contributed by atoms with van der Waals surface area (Å²) in [6, 6.07) is 7.45. The molecule has 0 amide bonds. The lowest BCUT2D eigenvalue weighted by Crippen LogP contribution is -2.41. The maximum Gasteiger partial charge on any atom is 0.194 e. The second kappa shape index (κ2) is 9.23. The van der Waals surface area contributed by atoms with Gasteiger partial charge in [0.25, 0.3) is 0 Å². The van der Waals surface area contributed by atoms with Gasteiger partial charge < -0.3 is 13.9 Å². The number of ether oxygens (including phenoxy) is 2. The van der Waals surface area contributed by atoms with Gasteiger partial charge in [-0.3, -0.25) is 4.79 Å². The van der Waals surface area contributed by atoms with E-state index in [1.54, 1.807) is 17.4 Å². The third kappa shape index (κ3) is 5.23. The van der Waals surface area contributed by atoms with E-state index in [2.05, 4.69) is 33.9 Å². The Bertz CT molecular complexity index is 910. The van der Waals surface area contributed by atoms with Crippen molar-refractivity contribution in [1.29, 1.82) is 0 Å². The molecular weight excluding hydrogens is 436 g/mol. The molecular formula is C23H31ClO4SSi. The second-order valence-electron chi connectivity index (χ2n) is 9.18. The van der Waals surface area contributed by atoms with E-state index < -0.39 is 8.32 Å². The third-order valence-corrected chi connectivity index (χ3v) is 11.8. The number of rotatable bonds is 7. The van der Waals surface area contributed by atoms with E-state index in [4.69, 9.17) is 25.5 Å². The van der Waals surface area contributed by atoms with Crippen LogP contribution in [0.5, 0.6) is 0 Å². The summed E-state index contributed by atoms with van der Waals surface area (Å²) in [5, 5.41) is 0.711. The number of carbonyl (C=O) groups excluding carboxylic acids is 1. The zero-order chi connectivity index (χ0) is 22.1. The first-order chi connectivity index (χ1) is 14.0. The van der Waals surface area contributed by atoms with E-state index in [0.717, 1.165) is 15.3 Å². The highest BCUT2D eigenvalue weighted by Crippen LogP contribution is 2.37. The first-order valence-electron chi connectivity index (χ1n) is 10.3. The van der Waals surface area contributed by atoms with E-state index in [1.165, 1.54) is 0 Å². The molecule has 2 aromatic rings. The van der Waals surface area contributed by atoms with Crippen LogP contribution in [0.1, 0.15) is 58.3 Å². The van der Waals surface area contributed by atoms with Crippen molar-refractivity contribution < 1.29 is 18.7 Å². The van der Waals surface area contributed by atoms with Gasteiger partial charge in [0.05, 0.1) is 18.1 Å². The summed E-state index contributed by atoms with van der Waals surface area (Å²) in [5.74, 6) is -0.0159. The van der Waals surface area contributed by atoms with Crippen LogP contribution in [0.3, 0.4) is 0 Å². The van der Waals surface area contributed by atoms with Crippen LogP contribution in [0.25, 0.3) is 0 Å². The lowest BCUT2D eigenvalue weighted by molar-refractivity contribution is -0.0413. The lowest BCUT2D eigenvalue weighted by Gasteiger charge is -2.36. The predicted octanol–water partition coefficient (Wildman–Crippen LogP) is 6.55. The predicted molar refractivity (Wildman–Crippen MR) is 125 cm³/mol. The molecule has 0 unspecified atom stereocenters. The highest BCUT2D eigenvalue weighted by atomic mass is 35.5. The molecule has 0 bridgehead atoms. The summed E-state index contributed by atoms with van der Waals surface area (Å²) in [6.45, 7) is 14.9. The summed E-state index contributed by atoms with van der Waals surface area (Å²) in [6.07, 6.45) is 0.308. The van der Waals surface area contributed by atoms with Gasteiger partial charge in [-0.05, 0) is 55.2 Å². The normalized spacial score (nSPS) is 15.7. The van der Waals surface area contributed by atoms with Gasteiger partial charge in [0.2, 0.25) is 0 Å². The highest BCUT2D eigenvalue weighted by molar-refractivity contribution is 7.12. The lowest BCUT2D eigenvalue weighted by atomic mass is 9.97. The molecule has 1 aliphatic rings. The molecule has 0 aliphatic carbocycles. The molecule has 30 heavy (non-hydrogen) atoms. The molecule has 0 radical (unpaired) electrons. The largest absolute Gasteiger partial charge is 0.416 e. The van der Waals surface area contributed by atoms with E-state index >= 15 is 0 Å². The van der Waals surface area contributed by atoms with Gasteiger partial charge in [-0.1, -0.05) is 38.4 Å². The zero-order valence-electron chi connectivity index (χ0n) is 18.6. The van der Waals surface area contributed by atoms with Gasteiger partial charge in [-0.2, -0.15) is 0 Å². The molecule has 1 saturated heterocycles. The molecule has 0 spiro atoms. The molecule has 1 aromatic heterocycles. The van der Waals surface area contributed by atoms with Gasteiger partial charge in [0.15, 0.2) is 20.4 Å². The van der Waals surface area contributed by atoms with Crippen LogP contribution in [-0.4, -0.2) is 33.9 Å². The molecule has 1 aliphatic heterocycles. The fraction of sp³-hybridized carbons (Fsp3) is 0.522. The summed E-state index contributed by atoms with van der Waals surface area (Å²) in [5.41, 5.74) is 2.29. The van der Waals surface area contributed by atoms with Gasteiger partial charge in [0.1, 0.15) is 0 Å². The minimum atomic E-state index is -1.84. The van der Waals surface area contributed by atoms with Crippen LogP contribution in [0.15, 0.2) is 24.3 Å². The first kappa shape index (κ1) is 23.6. The summed E-state index contributed by atoms with van der Waals surface area (Å²) in [4.78, 5) is 15.3. The average molecular weight is 467 g/mol. The summed E-state index contributed by atoms with van der Waals surface area (Å²) in [7, 11) is -1.84. The van der Waals surface area contributed by atoms with Crippen molar-refractivity contribution in [2.75, 3.05) is 19.8 Å². The Morgan fingerprint density at radius 3 is 2.50 bits per heavy atom. The van der Waals surface area contributed by atoms with Crippen molar-refractivity contribution in [2.24, 2.45) is 0 Å². The Balaban J connectivity index is 1.80. The molecule has 0 saturated carbocycles. The average Bonchev–Trinajstić information content (AvgIpc) is 3.31. The Kier molecular flexibility index (Phi) is 7.27. The summed E-state index contributed by atoms with van der Waals surface area (Å²) >= 11 is 7.80. The number of ketones is 1. The SMILES string of the molecule is Cc1sc(C2OCCO2)cc1C(=O)c1cc(Cl)ccc1CCO[Si](C)(C)C(C)(C)C.